The Labute approximate surface area is 107 Å². The average molecular weight is 256 g/mol. The zero-order valence-corrected chi connectivity index (χ0v) is 11.1. The van der Waals surface area contributed by atoms with Gasteiger partial charge in [0, 0.05) is 11.6 Å². The van der Waals surface area contributed by atoms with Crippen molar-refractivity contribution in [2.75, 3.05) is 6.54 Å². The fourth-order valence-corrected chi connectivity index (χ4v) is 1.43. The molecule has 0 heterocycles. The van der Waals surface area contributed by atoms with E-state index in [0.29, 0.717) is 23.2 Å². The van der Waals surface area contributed by atoms with Crippen LogP contribution in [0, 0.1) is 5.92 Å². The van der Waals surface area contributed by atoms with Crippen LogP contribution >= 0.6 is 11.6 Å². The lowest BCUT2D eigenvalue weighted by Crippen LogP contribution is -2.38. The number of rotatable bonds is 5. The third-order valence-corrected chi connectivity index (χ3v) is 2.40. The number of nitrogens with one attached hydrogen (secondary N) is 1. The molecule has 17 heavy (non-hydrogen) atoms. The minimum absolute atomic E-state index is 0.112. The van der Waals surface area contributed by atoms with E-state index in [4.69, 9.17) is 16.3 Å². The van der Waals surface area contributed by atoms with E-state index in [0.717, 1.165) is 0 Å². The van der Waals surface area contributed by atoms with Crippen LogP contribution in [0.1, 0.15) is 20.8 Å². The van der Waals surface area contributed by atoms with E-state index in [-0.39, 0.29) is 5.91 Å². The molecule has 94 valence electrons. The van der Waals surface area contributed by atoms with Crippen molar-refractivity contribution in [1.82, 2.24) is 5.32 Å². The molecule has 0 saturated heterocycles. The number of ether oxygens (including phenoxy) is 1. The highest BCUT2D eigenvalue weighted by molar-refractivity contribution is 6.30. The van der Waals surface area contributed by atoms with Crippen LogP contribution in [0.15, 0.2) is 24.3 Å². The zero-order valence-electron chi connectivity index (χ0n) is 10.4. The molecule has 0 aromatic heterocycles. The molecule has 0 fully saturated rings. The van der Waals surface area contributed by atoms with Gasteiger partial charge in [-0.15, -0.1) is 0 Å². The van der Waals surface area contributed by atoms with Crippen LogP contribution in [-0.2, 0) is 4.79 Å². The maximum atomic E-state index is 11.7. The van der Waals surface area contributed by atoms with Crippen molar-refractivity contribution >= 4 is 17.5 Å². The Morgan fingerprint density at radius 1 is 1.41 bits per heavy atom. The van der Waals surface area contributed by atoms with Crippen LogP contribution in [0.4, 0.5) is 0 Å². The molecule has 1 rings (SSSR count). The molecule has 1 atom stereocenters. The van der Waals surface area contributed by atoms with Gasteiger partial charge in [0.2, 0.25) is 0 Å². The summed E-state index contributed by atoms with van der Waals surface area (Å²) in [7, 11) is 0. The van der Waals surface area contributed by atoms with E-state index in [9.17, 15) is 4.79 Å². The first-order chi connectivity index (χ1) is 7.99. The summed E-state index contributed by atoms with van der Waals surface area (Å²) in [6.07, 6.45) is -0.521. The van der Waals surface area contributed by atoms with Crippen molar-refractivity contribution in [1.29, 1.82) is 0 Å². The third kappa shape index (κ3) is 5.09. The number of benzene rings is 1. The van der Waals surface area contributed by atoms with E-state index in [1.807, 2.05) is 13.8 Å². The lowest BCUT2D eigenvalue weighted by molar-refractivity contribution is -0.127. The largest absolute Gasteiger partial charge is 0.481 e. The second kappa shape index (κ2) is 6.50. The molecule has 0 aliphatic heterocycles. The maximum Gasteiger partial charge on any atom is 0.260 e. The molecular formula is C13H18ClNO2. The molecular weight excluding hydrogens is 238 g/mol. The predicted molar refractivity (Wildman–Crippen MR) is 69.4 cm³/mol. The first-order valence-electron chi connectivity index (χ1n) is 5.69. The standard InChI is InChI=1S/C13H18ClNO2/c1-9(2)8-15-13(16)10(3)17-12-6-4-5-11(14)7-12/h4-7,9-10H,8H2,1-3H3,(H,15,16)/t10-/m0/s1. The minimum atomic E-state index is -0.521. The van der Waals surface area contributed by atoms with Gasteiger partial charge >= 0.3 is 0 Å². The Kier molecular flexibility index (Phi) is 5.29. The van der Waals surface area contributed by atoms with Crippen molar-refractivity contribution in [2.45, 2.75) is 26.9 Å². The monoisotopic (exact) mass is 255 g/mol. The average Bonchev–Trinajstić information content (AvgIpc) is 2.25. The number of hydrogen-bond donors (Lipinski definition) is 1. The minimum Gasteiger partial charge on any atom is -0.481 e. The maximum absolute atomic E-state index is 11.7. The summed E-state index contributed by atoms with van der Waals surface area (Å²) in [6.45, 7) is 6.46. The van der Waals surface area contributed by atoms with Crippen LogP contribution < -0.4 is 10.1 Å². The van der Waals surface area contributed by atoms with E-state index >= 15 is 0 Å². The molecule has 0 saturated carbocycles. The fraction of sp³-hybridized carbons (Fsp3) is 0.462. The van der Waals surface area contributed by atoms with Gasteiger partial charge in [0.1, 0.15) is 5.75 Å². The SMILES string of the molecule is CC(C)CNC(=O)[C@H](C)Oc1cccc(Cl)c1. The highest BCUT2D eigenvalue weighted by Gasteiger charge is 2.14. The molecule has 0 unspecified atom stereocenters. The third-order valence-electron chi connectivity index (χ3n) is 2.16. The Balaban J connectivity index is 2.48. The quantitative estimate of drug-likeness (QED) is 0.879. The first-order valence-corrected chi connectivity index (χ1v) is 6.06. The lowest BCUT2D eigenvalue weighted by atomic mass is 10.2. The fourth-order valence-electron chi connectivity index (χ4n) is 1.25. The van der Waals surface area contributed by atoms with Gasteiger partial charge in [-0.25, -0.2) is 0 Å². The van der Waals surface area contributed by atoms with Gasteiger partial charge in [-0.05, 0) is 31.0 Å². The lowest BCUT2D eigenvalue weighted by Gasteiger charge is -2.15. The molecule has 0 aliphatic carbocycles. The van der Waals surface area contributed by atoms with Crippen LogP contribution in [0.3, 0.4) is 0 Å². The Morgan fingerprint density at radius 3 is 2.71 bits per heavy atom. The number of carbonyl (C=O) groups is 1. The van der Waals surface area contributed by atoms with E-state index in [1.165, 1.54) is 0 Å². The molecule has 0 bridgehead atoms. The smallest absolute Gasteiger partial charge is 0.260 e. The van der Waals surface area contributed by atoms with Crippen LogP contribution in [0.2, 0.25) is 5.02 Å². The van der Waals surface area contributed by atoms with Gasteiger partial charge in [0.05, 0.1) is 0 Å². The summed E-state index contributed by atoms with van der Waals surface area (Å²) in [5, 5.41) is 3.41. The van der Waals surface area contributed by atoms with Crippen molar-refractivity contribution < 1.29 is 9.53 Å². The molecule has 1 amide bonds. The van der Waals surface area contributed by atoms with Gasteiger partial charge in [-0.3, -0.25) is 4.79 Å². The van der Waals surface area contributed by atoms with Crippen LogP contribution in [-0.4, -0.2) is 18.6 Å². The molecule has 1 aromatic carbocycles. The van der Waals surface area contributed by atoms with Crippen LogP contribution in [0.5, 0.6) is 5.75 Å². The summed E-state index contributed by atoms with van der Waals surface area (Å²) in [5.74, 6) is 0.917. The van der Waals surface area contributed by atoms with E-state index in [2.05, 4.69) is 5.32 Å². The highest BCUT2D eigenvalue weighted by Crippen LogP contribution is 2.18. The van der Waals surface area contributed by atoms with Gasteiger partial charge in [-0.2, -0.15) is 0 Å². The molecule has 0 aliphatic rings. The van der Waals surface area contributed by atoms with Crippen LogP contribution in [0.25, 0.3) is 0 Å². The van der Waals surface area contributed by atoms with Crippen molar-refractivity contribution in [3.63, 3.8) is 0 Å². The second-order valence-corrected chi connectivity index (χ2v) is 4.79. The molecule has 4 heteroatoms. The Bertz CT molecular complexity index is 379. The van der Waals surface area contributed by atoms with Crippen molar-refractivity contribution in [3.8, 4) is 5.75 Å². The topological polar surface area (TPSA) is 38.3 Å². The van der Waals surface area contributed by atoms with E-state index < -0.39 is 6.10 Å². The normalized spacial score (nSPS) is 12.3. The first kappa shape index (κ1) is 13.8. The second-order valence-electron chi connectivity index (χ2n) is 4.36. The van der Waals surface area contributed by atoms with Gasteiger partial charge in [0.15, 0.2) is 6.10 Å². The summed E-state index contributed by atoms with van der Waals surface area (Å²) in [5.41, 5.74) is 0. The summed E-state index contributed by atoms with van der Waals surface area (Å²) in [4.78, 5) is 11.7. The number of carbonyl (C=O) groups excluding carboxylic acids is 1. The van der Waals surface area contributed by atoms with E-state index in [1.54, 1.807) is 31.2 Å². The Hall–Kier alpha value is -1.22. The number of hydrogen-bond acceptors (Lipinski definition) is 2. The van der Waals surface area contributed by atoms with Gasteiger partial charge in [0.25, 0.3) is 5.91 Å². The van der Waals surface area contributed by atoms with Crippen molar-refractivity contribution in [3.05, 3.63) is 29.3 Å². The summed E-state index contributed by atoms with van der Waals surface area (Å²) < 4.78 is 5.49. The molecule has 1 aromatic rings. The molecule has 0 radical (unpaired) electrons. The van der Waals surface area contributed by atoms with Gasteiger partial charge < -0.3 is 10.1 Å². The number of halogens is 1. The highest BCUT2D eigenvalue weighted by atomic mass is 35.5. The van der Waals surface area contributed by atoms with Crippen molar-refractivity contribution in [2.24, 2.45) is 5.92 Å². The molecule has 3 nitrogen and oxygen atoms in total. The predicted octanol–water partition coefficient (Wildman–Crippen LogP) is 2.88. The summed E-state index contributed by atoms with van der Waals surface area (Å²) >= 11 is 5.83. The zero-order chi connectivity index (χ0) is 12.8. The molecule has 0 spiro atoms. The van der Waals surface area contributed by atoms with Gasteiger partial charge in [-0.1, -0.05) is 31.5 Å². The Morgan fingerprint density at radius 2 is 2.12 bits per heavy atom. The molecule has 1 N–H and O–H groups in total. The number of amides is 1. The summed E-state index contributed by atoms with van der Waals surface area (Å²) in [6, 6.07) is 7.01.